The van der Waals surface area contributed by atoms with Gasteiger partial charge >= 0.3 is 25.0 Å². The number of rotatable bonds is 29. The normalized spacial score (nSPS) is 12.4. The predicted octanol–water partition coefficient (Wildman–Crippen LogP) is -0.777. The van der Waals surface area contributed by atoms with Gasteiger partial charge in [-0.1, -0.05) is 18.7 Å². The van der Waals surface area contributed by atoms with Crippen LogP contribution in [0.15, 0.2) is 24.3 Å². The third-order valence-electron chi connectivity index (χ3n) is 6.29. The maximum Gasteiger partial charge on any atom is 1.00 e. The van der Waals surface area contributed by atoms with Crippen LogP contribution in [0.2, 0.25) is 0 Å². The summed E-state index contributed by atoms with van der Waals surface area (Å²) in [7, 11) is 1.65. The number of carbonyl (C=O) groups excluding carboxylic acids is 4. The number of aliphatic hydroxyl groups excluding tert-OH is 1. The second-order valence-electron chi connectivity index (χ2n) is 12.0. The molecule has 0 bridgehead atoms. The predicted molar refractivity (Wildman–Crippen MR) is 202 cm³/mol. The zero-order chi connectivity index (χ0) is 39.7. The van der Waals surface area contributed by atoms with Crippen LogP contribution in [0, 0.1) is 14.4 Å². The van der Waals surface area contributed by atoms with Crippen molar-refractivity contribution in [2.45, 2.75) is 58.4 Å². The van der Waals surface area contributed by atoms with E-state index in [2.05, 4.69) is 22.9 Å². The second-order valence-corrected chi connectivity index (χ2v) is 12.0. The van der Waals surface area contributed by atoms with Gasteiger partial charge in [-0.25, -0.2) is 11.1 Å². The molecule has 0 heterocycles. The fourth-order valence-corrected chi connectivity index (χ4v) is 3.58. The van der Waals surface area contributed by atoms with Crippen molar-refractivity contribution in [3.8, 4) is 0 Å². The smallest absolute Gasteiger partial charge is 0.539 e. The van der Waals surface area contributed by atoms with E-state index in [0.717, 1.165) is 0 Å². The number of ether oxygens (including phenoxy) is 9. The molecule has 0 fully saturated rings. The topological polar surface area (TPSA) is 208 Å². The number of aliphatic hydroxyl groups is 1. The Hall–Kier alpha value is -2.66. The molecule has 314 valence electrons. The minimum Gasteiger partial charge on any atom is -0.539 e. The van der Waals surface area contributed by atoms with Crippen molar-refractivity contribution in [3.63, 3.8) is 0 Å². The fourth-order valence-electron chi connectivity index (χ4n) is 3.58. The maximum absolute atomic E-state index is 12.2. The quantitative estimate of drug-likeness (QED) is 0.0447. The molecule has 0 saturated heterocycles. The van der Waals surface area contributed by atoms with Crippen LogP contribution < -0.4 is 34.8 Å². The number of methoxy groups -OCH3 is 1. The monoisotopic (exact) mass is 781 g/mol. The van der Waals surface area contributed by atoms with E-state index in [0.29, 0.717) is 110 Å². The summed E-state index contributed by atoms with van der Waals surface area (Å²) in [5, 5.41) is 16.9. The Bertz CT molecular complexity index is 1070. The summed E-state index contributed by atoms with van der Waals surface area (Å²) >= 11 is 0. The van der Waals surface area contributed by atoms with E-state index in [9.17, 15) is 24.3 Å². The molecular weight excluding hydrogens is 717 g/mol. The maximum atomic E-state index is 12.2. The van der Waals surface area contributed by atoms with Gasteiger partial charge < -0.3 is 82.8 Å². The van der Waals surface area contributed by atoms with Gasteiger partial charge in [0.2, 0.25) is 11.8 Å². The third kappa shape index (κ3) is 34.3. The zero-order valence-corrected chi connectivity index (χ0v) is 34.1. The minimum absolute atomic E-state index is 0. The van der Waals surface area contributed by atoms with Gasteiger partial charge in [-0.2, -0.15) is 0 Å². The molecule has 0 spiro atoms. The Kier molecular flexibility index (Phi) is 38.1. The van der Waals surface area contributed by atoms with Gasteiger partial charge in [0.15, 0.2) is 0 Å². The van der Waals surface area contributed by atoms with Gasteiger partial charge in [0.05, 0.1) is 92.5 Å². The molecule has 1 aromatic rings. The van der Waals surface area contributed by atoms with Crippen molar-refractivity contribution < 1.29 is 85.8 Å². The van der Waals surface area contributed by atoms with Crippen LogP contribution in [0.25, 0.3) is 0 Å². The summed E-state index contributed by atoms with van der Waals surface area (Å²) in [4.78, 5) is 46.5. The molecular formula is C37H64LiN3O14-2. The van der Waals surface area contributed by atoms with Gasteiger partial charge in [0.1, 0.15) is 17.7 Å². The first-order valence-electron chi connectivity index (χ1n) is 17.4. The van der Waals surface area contributed by atoms with Crippen LogP contribution in [0.1, 0.15) is 46.3 Å². The van der Waals surface area contributed by atoms with Crippen LogP contribution in [0.5, 0.6) is 0 Å². The molecule has 3 amide bonds. The summed E-state index contributed by atoms with van der Waals surface area (Å²) in [5.41, 5.74) is 0.0762. The van der Waals surface area contributed by atoms with Gasteiger partial charge in [0.25, 0.3) is 0 Å². The van der Waals surface area contributed by atoms with Crippen molar-refractivity contribution >= 4 is 29.9 Å². The molecule has 0 saturated carbocycles. The molecule has 17 nitrogen and oxygen atoms in total. The summed E-state index contributed by atoms with van der Waals surface area (Å²) in [6, 6.07) is 4.20. The molecule has 3 atom stereocenters. The zero-order valence-electron chi connectivity index (χ0n) is 34.1. The Labute approximate surface area is 339 Å². The molecule has 18 heteroatoms. The molecule has 1 rings (SSSR count). The van der Waals surface area contributed by atoms with E-state index in [1.165, 1.54) is 44.4 Å². The third-order valence-corrected chi connectivity index (χ3v) is 6.29. The SMILES string of the molecule is C[C@H](NC(=O)OC(C)(C)C)C(=O)N[C@@H](C)C(=O)Nc1ccc(C(O)[C-]=O)cc1.[CH2-]COCCOCCOCCOCCOCCOCCOCCOC.[CH3-].[Li+]. The summed E-state index contributed by atoms with van der Waals surface area (Å²) in [6.07, 6.45) is -0.630. The molecule has 0 aliphatic heterocycles. The molecule has 0 aliphatic rings. The number of alkyl carbamates (subject to hydrolysis) is 1. The summed E-state index contributed by atoms with van der Waals surface area (Å²) in [5.74, 6) is -1.03. The van der Waals surface area contributed by atoms with Gasteiger partial charge in [-0.3, -0.25) is 9.59 Å². The Morgan fingerprint density at radius 2 is 1.07 bits per heavy atom. The molecule has 4 N–H and O–H groups in total. The minimum atomic E-state index is -1.35. The molecule has 55 heavy (non-hydrogen) atoms. The average Bonchev–Trinajstić information content (AvgIpc) is 3.11. The fraction of sp³-hybridized carbons (Fsp3) is 0.676. The second kappa shape index (κ2) is 36.9. The van der Waals surface area contributed by atoms with Crippen molar-refractivity contribution in [3.05, 3.63) is 44.2 Å². The number of anilines is 1. The molecule has 1 aromatic carbocycles. The van der Waals surface area contributed by atoms with E-state index < -0.39 is 41.7 Å². The first-order chi connectivity index (χ1) is 25.3. The number of nitrogens with one attached hydrogen (secondary N) is 3. The van der Waals surface area contributed by atoms with Crippen molar-refractivity contribution in [2.24, 2.45) is 0 Å². The van der Waals surface area contributed by atoms with Crippen LogP contribution in [0.3, 0.4) is 0 Å². The van der Waals surface area contributed by atoms with E-state index >= 15 is 0 Å². The number of hydrogen-bond acceptors (Lipinski definition) is 14. The van der Waals surface area contributed by atoms with Crippen molar-refractivity contribution in [2.75, 3.05) is 112 Å². The largest absolute Gasteiger partial charge is 1.00 e. The number of carbonyl (C=O) groups is 3. The Balaban J connectivity index is -0.000000955. The Morgan fingerprint density at radius 1 is 0.691 bits per heavy atom. The van der Waals surface area contributed by atoms with Crippen LogP contribution in [0.4, 0.5) is 10.5 Å². The van der Waals surface area contributed by atoms with Gasteiger partial charge in [-0.15, -0.1) is 0 Å². The number of hydrogen-bond donors (Lipinski definition) is 4. The molecule has 0 aliphatic carbocycles. The average molecular weight is 782 g/mol. The summed E-state index contributed by atoms with van der Waals surface area (Å²) < 4.78 is 47.0. The molecule has 1 unspecified atom stereocenters. The number of amides is 3. The van der Waals surface area contributed by atoms with E-state index in [4.69, 9.17) is 42.6 Å². The Morgan fingerprint density at radius 3 is 1.44 bits per heavy atom. The standard InChI is InChI=1S/C19H26N3O6.C17H35O8.CH3.Li/c1-11(20-16(25)12(2)21-18(27)28-19(3,4)5)17(26)22-14-8-6-13(7-9-14)15(24)10-23;1-3-19-6-7-21-10-11-23-14-15-25-17-16-24-13-12-22-9-8-20-5-4-18-2;;/h6-9,11-12,15,24H,1-5H3,(H,20,25)(H,21,27)(H,22,26);1,3-17H2,2H3;1H3;/q3*-1;+1/t11-,12-,15?;;;/m0.../s1. The first kappa shape index (κ1) is 56.7. The van der Waals surface area contributed by atoms with E-state index in [1.54, 1.807) is 27.9 Å². The summed E-state index contributed by atoms with van der Waals surface area (Å²) in [6.45, 7) is 20.0. The first-order valence-corrected chi connectivity index (χ1v) is 17.4. The van der Waals surface area contributed by atoms with Gasteiger partial charge in [-0.05, 0) is 58.4 Å². The van der Waals surface area contributed by atoms with Crippen LogP contribution >= 0.6 is 0 Å². The van der Waals surface area contributed by atoms with Crippen LogP contribution in [-0.2, 0) is 57.0 Å². The molecule has 0 radical (unpaired) electrons. The van der Waals surface area contributed by atoms with Crippen molar-refractivity contribution in [1.82, 2.24) is 10.6 Å². The number of benzene rings is 1. The van der Waals surface area contributed by atoms with Crippen molar-refractivity contribution in [1.29, 1.82) is 0 Å². The van der Waals surface area contributed by atoms with Crippen LogP contribution in [-0.4, -0.2) is 153 Å². The van der Waals surface area contributed by atoms with E-state index in [-0.39, 0.29) is 26.3 Å². The molecule has 0 aromatic heterocycles. The van der Waals surface area contributed by atoms with Gasteiger partial charge in [0, 0.05) is 12.8 Å². The van der Waals surface area contributed by atoms with E-state index in [1.807, 2.05) is 0 Å².